The Morgan fingerprint density at radius 2 is 1.64 bits per heavy atom. The number of benzene rings is 2. The molecule has 3 heteroatoms. The number of hydrogen-bond acceptors (Lipinski definition) is 2. The number of likely N-dealkylation sites (tertiary alicyclic amines) is 1. The van der Waals surface area contributed by atoms with Crippen molar-refractivity contribution in [1.29, 1.82) is 0 Å². The van der Waals surface area contributed by atoms with Crippen LogP contribution in [-0.4, -0.2) is 29.6 Å². The van der Waals surface area contributed by atoms with E-state index >= 15 is 0 Å². The predicted molar refractivity (Wildman–Crippen MR) is 89.5 cm³/mol. The molecule has 1 fully saturated rings. The monoisotopic (exact) mass is 292 g/mol. The highest BCUT2D eigenvalue weighted by molar-refractivity contribution is 6.04. The van der Waals surface area contributed by atoms with Crippen LogP contribution in [0.3, 0.4) is 0 Å². The lowest BCUT2D eigenvalue weighted by Crippen LogP contribution is -2.40. The van der Waals surface area contributed by atoms with Gasteiger partial charge in [-0.3, -0.25) is 9.79 Å². The Kier molecular flexibility index (Phi) is 4.64. The molecule has 0 saturated carbocycles. The smallest absolute Gasteiger partial charge is 0.228 e. The fourth-order valence-corrected chi connectivity index (χ4v) is 2.69. The molecule has 112 valence electrons. The molecule has 0 radical (unpaired) electrons. The van der Waals surface area contributed by atoms with Gasteiger partial charge >= 0.3 is 0 Å². The lowest BCUT2D eigenvalue weighted by atomic mass is 10.1. The molecule has 3 nitrogen and oxygen atoms in total. The van der Waals surface area contributed by atoms with Gasteiger partial charge < -0.3 is 4.90 Å². The summed E-state index contributed by atoms with van der Waals surface area (Å²) in [4.78, 5) is 18.8. The van der Waals surface area contributed by atoms with Gasteiger partial charge in [-0.2, -0.15) is 0 Å². The van der Waals surface area contributed by atoms with E-state index in [4.69, 9.17) is 0 Å². The van der Waals surface area contributed by atoms with Crippen LogP contribution in [0, 0.1) is 0 Å². The van der Waals surface area contributed by atoms with Crippen LogP contribution in [-0.2, 0) is 11.2 Å². The van der Waals surface area contributed by atoms with Gasteiger partial charge in [0.1, 0.15) is 0 Å². The zero-order valence-corrected chi connectivity index (χ0v) is 12.6. The average molecular weight is 292 g/mol. The maximum absolute atomic E-state index is 12.3. The van der Waals surface area contributed by atoms with E-state index in [-0.39, 0.29) is 5.91 Å². The predicted octanol–water partition coefficient (Wildman–Crippen LogP) is 3.62. The molecule has 1 saturated heterocycles. The Morgan fingerprint density at radius 1 is 0.955 bits per heavy atom. The standard InChI is InChI=1S/C19H20N2O/c22-19-15-18(20-17-9-5-2-6-10-17)12-14-21(19)13-11-16-7-3-1-4-8-16/h1-10H,11-15H2. The van der Waals surface area contributed by atoms with Crippen LogP contribution < -0.4 is 0 Å². The number of amides is 1. The van der Waals surface area contributed by atoms with Crippen LogP contribution in [0.1, 0.15) is 18.4 Å². The van der Waals surface area contributed by atoms with E-state index < -0.39 is 0 Å². The first-order valence-electron chi connectivity index (χ1n) is 7.74. The summed E-state index contributed by atoms with van der Waals surface area (Å²) in [7, 11) is 0. The first-order chi connectivity index (χ1) is 10.8. The van der Waals surface area contributed by atoms with Gasteiger partial charge in [-0.15, -0.1) is 0 Å². The van der Waals surface area contributed by atoms with E-state index in [0.29, 0.717) is 6.42 Å². The minimum atomic E-state index is 0.192. The van der Waals surface area contributed by atoms with Crippen molar-refractivity contribution in [2.45, 2.75) is 19.3 Å². The van der Waals surface area contributed by atoms with Gasteiger partial charge in [-0.05, 0) is 24.1 Å². The van der Waals surface area contributed by atoms with E-state index in [0.717, 1.165) is 37.3 Å². The molecular formula is C19H20N2O. The summed E-state index contributed by atoms with van der Waals surface area (Å²) in [6.07, 6.45) is 2.23. The zero-order chi connectivity index (χ0) is 15.2. The maximum Gasteiger partial charge on any atom is 0.228 e. The Bertz CT molecular complexity index is 650. The number of carbonyl (C=O) groups excluding carboxylic acids is 1. The highest BCUT2D eigenvalue weighted by atomic mass is 16.2. The molecule has 0 spiro atoms. The van der Waals surface area contributed by atoms with Gasteiger partial charge in [0.05, 0.1) is 12.1 Å². The molecule has 0 N–H and O–H groups in total. The molecule has 3 rings (SSSR count). The number of nitrogens with zero attached hydrogens (tertiary/aromatic N) is 2. The minimum absolute atomic E-state index is 0.192. The normalized spacial score (nSPS) is 17.0. The van der Waals surface area contributed by atoms with Crippen molar-refractivity contribution >= 4 is 17.3 Å². The van der Waals surface area contributed by atoms with Gasteiger partial charge in [0.2, 0.25) is 5.91 Å². The average Bonchev–Trinajstić information content (AvgIpc) is 2.56. The van der Waals surface area contributed by atoms with Crippen molar-refractivity contribution in [3.63, 3.8) is 0 Å². The van der Waals surface area contributed by atoms with Crippen LogP contribution >= 0.6 is 0 Å². The molecule has 2 aromatic rings. The summed E-state index contributed by atoms with van der Waals surface area (Å²) in [6, 6.07) is 20.2. The Hall–Kier alpha value is -2.42. The molecule has 0 bridgehead atoms. The van der Waals surface area contributed by atoms with Crippen LogP contribution in [0.4, 0.5) is 5.69 Å². The molecule has 0 unspecified atom stereocenters. The first kappa shape index (κ1) is 14.5. The highest BCUT2D eigenvalue weighted by Crippen LogP contribution is 2.16. The maximum atomic E-state index is 12.3. The van der Waals surface area contributed by atoms with E-state index in [1.165, 1.54) is 5.56 Å². The first-order valence-corrected chi connectivity index (χ1v) is 7.74. The minimum Gasteiger partial charge on any atom is -0.342 e. The van der Waals surface area contributed by atoms with Crippen molar-refractivity contribution in [1.82, 2.24) is 4.90 Å². The van der Waals surface area contributed by atoms with Crippen molar-refractivity contribution in [3.05, 3.63) is 66.2 Å². The molecule has 0 aliphatic carbocycles. The quantitative estimate of drug-likeness (QED) is 0.847. The lowest BCUT2D eigenvalue weighted by Gasteiger charge is -2.27. The number of aliphatic imine (C=N–C) groups is 1. The number of para-hydroxylation sites is 1. The van der Waals surface area contributed by atoms with Crippen LogP contribution in [0.2, 0.25) is 0 Å². The van der Waals surface area contributed by atoms with Crippen LogP contribution in [0.15, 0.2) is 65.7 Å². The van der Waals surface area contributed by atoms with E-state index in [9.17, 15) is 4.79 Å². The van der Waals surface area contributed by atoms with Gasteiger partial charge in [-0.25, -0.2) is 0 Å². The number of rotatable bonds is 4. The molecule has 22 heavy (non-hydrogen) atoms. The van der Waals surface area contributed by atoms with Crippen LogP contribution in [0.25, 0.3) is 0 Å². The van der Waals surface area contributed by atoms with Gasteiger partial charge in [-0.1, -0.05) is 48.5 Å². The number of piperidine rings is 1. The second-order valence-electron chi connectivity index (χ2n) is 5.56. The summed E-state index contributed by atoms with van der Waals surface area (Å²) < 4.78 is 0. The van der Waals surface area contributed by atoms with Crippen molar-refractivity contribution in [2.75, 3.05) is 13.1 Å². The molecule has 0 aromatic heterocycles. The topological polar surface area (TPSA) is 32.7 Å². The summed E-state index contributed by atoms with van der Waals surface area (Å²) in [5, 5.41) is 0. The fourth-order valence-electron chi connectivity index (χ4n) is 2.69. The third-order valence-corrected chi connectivity index (χ3v) is 3.93. The third kappa shape index (κ3) is 3.82. The van der Waals surface area contributed by atoms with Crippen molar-refractivity contribution < 1.29 is 4.79 Å². The lowest BCUT2D eigenvalue weighted by molar-refractivity contribution is -0.130. The van der Waals surface area contributed by atoms with E-state index in [1.807, 2.05) is 53.4 Å². The Labute approximate surface area is 131 Å². The molecule has 2 aromatic carbocycles. The van der Waals surface area contributed by atoms with Gasteiger partial charge in [0, 0.05) is 25.2 Å². The summed E-state index contributed by atoms with van der Waals surface area (Å²) in [5.41, 5.74) is 3.20. The Balaban J connectivity index is 1.56. The SMILES string of the molecule is O=C1CC(=Nc2ccccc2)CCN1CCc1ccccc1. The van der Waals surface area contributed by atoms with E-state index in [2.05, 4.69) is 17.1 Å². The summed E-state index contributed by atoms with van der Waals surface area (Å²) in [5.74, 6) is 0.192. The fraction of sp³-hybridized carbons (Fsp3) is 0.263. The van der Waals surface area contributed by atoms with Gasteiger partial charge in [0.25, 0.3) is 0 Å². The molecule has 1 aliphatic rings. The number of carbonyl (C=O) groups is 1. The van der Waals surface area contributed by atoms with Crippen molar-refractivity contribution in [3.8, 4) is 0 Å². The second kappa shape index (κ2) is 7.03. The largest absolute Gasteiger partial charge is 0.342 e. The highest BCUT2D eigenvalue weighted by Gasteiger charge is 2.22. The van der Waals surface area contributed by atoms with Gasteiger partial charge in [0.15, 0.2) is 0 Å². The zero-order valence-electron chi connectivity index (χ0n) is 12.6. The second-order valence-corrected chi connectivity index (χ2v) is 5.56. The molecule has 0 atom stereocenters. The molecular weight excluding hydrogens is 272 g/mol. The third-order valence-electron chi connectivity index (χ3n) is 3.93. The Morgan fingerprint density at radius 3 is 2.32 bits per heavy atom. The number of hydrogen-bond donors (Lipinski definition) is 0. The molecule has 1 amide bonds. The van der Waals surface area contributed by atoms with Crippen LogP contribution in [0.5, 0.6) is 0 Å². The molecule has 1 aliphatic heterocycles. The summed E-state index contributed by atoms with van der Waals surface area (Å²) in [6.45, 7) is 1.57. The summed E-state index contributed by atoms with van der Waals surface area (Å²) >= 11 is 0. The van der Waals surface area contributed by atoms with E-state index in [1.54, 1.807) is 0 Å². The molecule has 1 heterocycles. The van der Waals surface area contributed by atoms with Crippen molar-refractivity contribution in [2.24, 2.45) is 4.99 Å².